The van der Waals surface area contributed by atoms with Crippen molar-refractivity contribution in [3.63, 3.8) is 0 Å². The Morgan fingerprint density at radius 2 is 1.78 bits per heavy atom. The maximum absolute atomic E-state index is 12.3. The number of carbonyl (C=O) groups is 1. The summed E-state index contributed by atoms with van der Waals surface area (Å²) in [5.74, 6) is -1.43. The standard InChI is InChI=1S/C16H14O7/c1-22-8-5-11(19)13-12(6-8)23-16(15(21)14(13)20)7-2-3-9(17)10(18)4-7/h2-6,15-19,21H,1H3/t15-,16-/m1/s1. The Hall–Kier alpha value is -2.93. The van der Waals surface area contributed by atoms with Gasteiger partial charge < -0.3 is 29.9 Å². The number of rotatable bonds is 2. The molecule has 0 bridgehead atoms. The molecule has 0 spiro atoms. The average molecular weight is 318 g/mol. The highest BCUT2D eigenvalue weighted by atomic mass is 16.5. The highest BCUT2D eigenvalue weighted by Gasteiger charge is 2.39. The van der Waals surface area contributed by atoms with Gasteiger partial charge in [0.15, 0.2) is 23.7 Å². The highest BCUT2D eigenvalue weighted by Crippen LogP contribution is 2.42. The van der Waals surface area contributed by atoms with Gasteiger partial charge in [0.25, 0.3) is 0 Å². The summed E-state index contributed by atoms with van der Waals surface area (Å²) in [5, 5.41) is 39.0. The molecule has 23 heavy (non-hydrogen) atoms. The molecular weight excluding hydrogens is 304 g/mol. The largest absolute Gasteiger partial charge is 0.507 e. The molecule has 1 aliphatic rings. The fourth-order valence-corrected chi connectivity index (χ4v) is 2.49. The minimum Gasteiger partial charge on any atom is -0.507 e. The number of benzene rings is 2. The maximum Gasteiger partial charge on any atom is 0.202 e. The van der Waals surface area contributed by atoms with Gasteiger partial charge in [0.2, 0.25) is 5.78 Å². The summed E-state index contributed by atoms with van der Waals surface area (Å²) < 4.78 is 10.6. The molecule has 1 heterocycles. The Balaban J connectivity index is 2.08. The van der Waals surface area contributed by atoms with Gasteiger partial charge in [-0.15, -0.1) is 0 Å². The van der Waals surface area contributed by atoms with Crippen LogP contribution in [0.4, 0.5) is 0 Å². The summed E-state index contributed by atoms with van der Waals surface area (Å²) in [4.78, 5) is 12.3. The van der Waals surface area contributed by atoms with E-state index in [4.69, 9.17) is 9.47 Å². The third-order valence-corrected chi connectivity index (χ3v) is 3.67. The van der Waals surface area contributed by atoms with Crippen molar-refractivity contribution < 1.29 is 34.7 Å². The van der Waals surface area contributed by atoms with Crippen LogP contribution >= 0.6 is 0 Å². The number of hydrogen-bond acceptors (Lipinski definition) is 7. The van der Waals surface area contributed by atoms with Crippen LogP contribution in [0.2, 0.25) is 0 Å². The molecule has 0 radical (unpaired) electrons. The van der Waals surface area contributed by atoms with Crippen LogP contribution in [-0.4, -0.2) is 39.4 Å². The smallest absolute Gasteiger partial charge is 0.202 e. The fourth-order valence-electron chi connectivity index (χ4n) is 2.49. The summed E-state index contributed by atoms with van der Waals surface area (Å²) in [5.41, 5.74) is 0.173. The molecule has 2 aromatic rings. The number of hydrogen-bond donors (Lipinski definition) is 4. The van der Waals surface area contributed by atoms with Crippen LogP contribution in [-0.2, 0) is 0 Å². The Labute approximate surface area is 131 Å². The Bertz CT molecular complexity index is 784. The normalized spacial score (nSPS) is 19.8. The van der Waals surface area contributed by atoms with Crippen LogP contribution in [0.15, 0.2) is 30.3 Å². The predicted octanol–water partition coefficient (Wildman–Crippen LogP) is 1.49. The lowest BCUT2D eigenvalue weighted by molar-refractivity contribution is 0.0210. The molecule has 3 rings (SSSR count). The molecule has 0 saturated heterocycles. The number of methoxy groups -OCH3 is 1. The third kappa shape index (κ3) is 2.40. The number of Topliss-reactive ketones (excluding diaryl/α,β-unsaturated/α-hetero) is 1. The van der Waals surface area contributed by atoms with E-state index < -0.39 is 23.7 Å². The second-order valence-electron chi connectivity index (χ2n) is 5.12. The molecule has 0 amide bonds. The van der Waals surface area contributed by atoms with Crippen molar-refractivity contribution in [2.75, 3.05) is 7.11 Å². The lowest BCUT2D eigenvalue weighted by Crippen LogP contribution is -2.36. The number of aliphatic hydroxyl groups is 1. The summed E-state index contributed by atoms with van der Waals surface area (Å²) in [6, 6.07) is 6.51. The monoisotopic (exact) mass is 318 g/mol. The molecule has 7 nitrogen and oxygen atoms in total. The number of ether oxygens (including phenoxy) is 2. The van der Waals surface area contributed by atoms with Gasteiger partial charge in [-0.2, -0.15) is 0 Å². The van der Waals surface area contributed by atoms with Crippen molar-refractivity contribution in [3.05, 3.63) is 41.5 Å². The van der Waals surface area contributed by atoms with Gasteiger partial charge in [0, 0.05) is 12.1 Å². The van der Waals surface area contributed by atoms with E-state index in [0.717, 1.165) is 0 Å². The summed E-state index contributed by atoms with van der Waals surface area (Å²) in [6.07, 6.45) is -2.65. The third-order valence-electron chi connectivity index (χ3n) is 3.67. The zero-order chi connectivity index (χ0) is 16.7. The molecule has 0 fully saturated rings. The van der Waals surface area contributed by atoms with Gasteiger partial charge in [-0.05, 0) is 17.7 Å². The van der Waals surface area contributed by atoms with E-state index in [1.165, 1.54) is 37.4 Å². The molecule has 0 aromatic heterocycles. The van der Waals surface area contributed by atoms with E-state index in [0.29, 0.717) is 5.56 Å². The molecule has 7 heteroatoms. The van der Waals surface area contributed by atoms with Gasteiger partial charge in [-0.1, -0.05) is 6.07 Å². The molecular formula is C16H14O7. The van der Waals surface area contributed by atoms with E-state index in [9.17, 15) is 25.2 Å². The number of carbonyl (C=O) groups excluding carboxylic acids is 1. The zero-order valence-corrected chi connectivity index (χ0v) is 12.1. The maximum atomic E-state index is 12.3. The van der Waals surface area contributed by atoms with Crippen molar-refractivity contribution >= 4 is 5.78 Å². The predicted molar refractivity (Wildman–Crippen MR) is 78.1 cm³/mol. The van der Waals surface area contributed by atoms with Gasteiger partial charge >= 0.3 is 0 Å². The van der Waals surface area contributed by atoms with Crippen molar-refractivity contribution in [1.82, 2.24) is 0 Å². The van der Waals surface area contributed by atoms with Gasteiger partial charge in [0.1, 0.15) is 22.8 Å². The SMILES string of the molecule is COc1cc(O)c2c(c1)O[C@H](c1ccc(O)c(O)c1)[C@H](O)C2=O. The first-order valence-corrected chi connectivity index (χ1v) is 6.74. The van der Waals surface area contributed by atoms with Crippen LogP contribution in [0.5, 0.6) is 28.7 Å². The number of aliphatic hydroxyl groups excluding tert-OH is 1. The molecule has 120 valence electrons. The molecule has 0 unspecified atom stereocenters. The lowest BCUT2D eigenvalue weighted by Gasteiger charge is -2.30. The molecule has 1 aliphatic heterocycles. The number of phenolic OH excluding ortho intramolecular Hbond substituents is 3. The Morgan fingerprint density at radius 3 is 2.43 bits per heavy atom. The molecule has 0 aliphatic carbocycles. The summed E-state index contributed by atoms with van der Waals surface area (Å²) in [7, 11) is 1.40. The lowest BCUT2D eigenvalue weighted by atomic mass is 9.92. The number of phenols is 3. The number of aromatic hydroxyl groups is 3. The van der Waals surface area contributed by atoms with E-state index in [-0.39, 0.29) is 28.6 Å². The Kier molecular flexibility index (Phi) is 3.49. The first-order valence-electron chi connectivity index (χ1n) is 6.74. The number of ketones is 1. The first kappa shape index (κ1) is 15.0. The Morgan fingerprint density at radius 1 is 1.04 bits per heavy atom. The molecule has 0 saturated carbocycles. The minimum atomic E-state index is -1.56. The molecule has 2 aromatic carbocycles. The molecule has 2 atom stereocenters. The van der Waals surface area contributed by atoms with Crippen LogP contribution in [0.25, 0.3) is 0 Å². The van der Waals surface area contributed by atoms with Gasteiger partial charge in [-0.3, -0.25) is 4.79 Å². The van der Waals surface area contributed by atoms with Crippen molar-refractivity contribution in [1.29, 1.82) is 0 Å². The van der Waals surface area contributed by atoms with Gasteiger partial charge in [0.05, 0.1) is 7.11 Å². The van der Waals surface area contributed by atoms with Crippen molar-refractivity contribution in [2.45, 2.75) is 12.2 Å². The second-order valence-corrected chi connectivity index (χ2v) is 5.12. The quantitative estimate of drug-likeness (QED) is 0.620. The first-order chi connectivity index (χ1) is 10.9. The average Bonchev–Trinajstić information content (AvgIpc) is 2.52. The summed E-state index contributed by atoms with van der Waals surface area (Å²) >= 11 is 0. The van der Waals surface area contributed by atoms with Crippen molar-refractivity contribution in [3.8, 4) is 28.7 Å². The van der Waals surface area contributed by atoms with E-state index in [1.807, 2.05) is 0 Å². The minimum absolute atomic E-state index is 0.0646. The van der Waals surface area contributed by atoms with Crippen LogP contribution in [0, 0.1) is 0 Å². The summed E-state index contributed by atoms with van der Waals surface area (Å²) in [6.45, 7) is 0. The highest BCUT2D eigenvalue weighted by molar-refractivity contribution is 6.05. The fraction of sp³-hybridized carbons (Fsp3) is 0.188. The van der Waals surface area contributed by atoms with Crippen LogP contribution in [0.1, 0.15) is 22.0 Å². The second kappa shape index (κ2) is 5.36. The van der Waals surface area contributed by atoms with E-state index in [2.05, 4.69) is 0 Å². The van der Waals surface area contributed by atoms with Gasteiger partial charge in [-0.25, -0.2) is 0 Å². The molecule has 4 N–H and O–H groups in total. The van der Waals surface area contributed by atoms with E-state index >= 15 is 0 Å². The topological polar surface area (TPSA) is 116 Å². The van der Waals surface area contributed by atoms with Crippen LogP contribution < -0.4 is 9.47 Å². The van der Waals surface area contributed by atoms with Crippen molar-refractivity contribution in [2.24, 2.45) is 0 Å². The van der Waals surface area contributed by atoms with Crippen LogP contribution in [0.3, 0.4) is 0 Å². The van der Waals surface area contributed by atoms with E-state index in [1.54, 1.807) is 0 Å². The zero-order valence-electron chi connectivity index (χ0n) is 12.1. The number of fused-ring (bicyclic) bond motifs is 1.